The minimum Gasteiger partial charge on any atom is -0.371 e. The van der Waals surface area contributed by atoms with Gasteiger partial charge in [-0.25, -0.2) is 4.39 Å². The molecular formula is C14H19FN2O. The quantitative estimate of drug-likeness (QED) is 0.815. The van der Waals surface area contributed by atoms with Gasteiger partial charge >= 0.3 is 0 Å². The molecule has 4 heteroatoms. The Morgan fingerprint density at radius 1 is 1.56 bits per heavy atom. The molecule has 1 atom stereocenters. The molecule has 1 aliphatic carbocycles. The molecule has 1 saturated carbocycles. The van der Waals surface area contributed by atoms with Crippen molar-refractivity contribution in [2.24, 2.45) is 11.7 Å². The molecule has 0 heterocycles. The van der Waals surface area contributed by atoms with Crippen LogP contribution in [0.4, 0.5) is 10.1 Å². The van der Waals surface area contributed by atoms with Gasteiger partial charge in [0, 0.05) is 5.69 Å². The molecule has 0 spiro atoms. The van der Waals surface area contributed by atoms with Gasteiger partial charge in [-0.3, -0.25) is 4.79 Å². The number of benzene rings is 1. The lowest BCUT2D eigenvalue weighted by atomic mass is 9.87. The van der Waals surface area contributed by atoms with Crippen molar-refractivity contribution in [3.05, 3.63) is 30.1 Å². The third kappa shape index (κ3) is 2.47. The van der Waals surface area contributed by atoms with Crippen LogP contribution in [0.1, 0.15) is 32.6 Å². The molecule has 3 nitrogen and oxygen atoms in total. The maximum absolute atomic E-state index is 13.2. The molecule has 0 bridgehead atoms. The zero-order valence-electron chi connectivity index (χ0n) is 10.6. The SMILES string of the molecule is CCCC(Nc1cccc(F)c1)(C(N)=O)C1CC1. The number of halogens is 1. The van der Waals surface area contributed by atoms with Crippen molar-refractivity contribution in [2.75, 3.05) is 5.32 Å². The molecule has 1 amide bonds. The Hall–Kier alpha value is -1.58. The summed E-state index contributed by atoms with van der Waals surface area (Å²) in [6.45, 7) is 2.02. The second kappa shape index (κ2) is 4.96. The van der Waals surface area contributed by atoms with Gasteiger partial charge in [-0.1, -0.05) is 19.4 Å². The summed E-state index contributed by atoms with van der Waals surface area (Å²) in [5.74, 6) is -0.375. The largest absolute Gasteiger partial charge is 0.371 e. The summed E-state index contributed by atoms with van der Waals surface area (Å²) in [4.78, 5) is 11.8. The topological polar surface area (TPSA) is 55.1 Å². The summed E-state index contributed by atoms with van der Waals surface area (Å²) in [7, 11) is 0. The van der Waals surface area contributed by atoms with Crippen LogP contribution >= 0.6 is 0 Å². The molecular weight excluding hydrogens is 231 g/mol. The highest BCUT2D eigenvalue weighted by Gasteiger charge is 2.49. The van der Waals surface area contributed by atoms with Crippen LogP contribution in [-0.4, -0.2) is 11.4 Å². The Labute approximate surface area is 107 Å². The summed E-state index contributed by atoms with van der Waals surface area (Å²) in [5.41, 5.74) is 5.49. The number of carbonyl (C=O) groups is 1. The zero-order chi connectivity index (χ0) is 13.2. The number of hydrogen-bond donors (Lipinski definition) is 2. The fraction of sp³-hybridized carbons (Fsp3) is 0.500. The molecule has 18 heavy (non-hydrogen) atoms. The molecule has 2 rings (SSSR count). The lowest BCUT2D eigenvalue weighted by molar-refractivity contribution is -0.123. The predicted octanol–water partition coefficient (Wildman–Crippen LogP) is 2.67. The van der Waals surface area contributed by atoms with E-state index < -0.39 is 5.54 Å². The van der Waals surface area contributed by atoms with Crippen LogP contribution in [0.15, 0.2) is 24.3 Å². The standard InChI is InChI=1S/C14H19FN2O/c1-2-8-14(13(16)18,10-6-7-10)17-12-5-3-4-11(15)9-12/h3-5,9-10,17H,2,6-8H2,1H3,(H2,16,18). The van der Waals surface area contributed by atoms with E-state index in [1.165, 1.54) is 12.1 Å². The first kappa shape index (κ1) is 12.9. The highest BCUT2D eigenvalue weighted by atomic mass is 19.1. The van der Waals surface area contributed by atoms with Crippen LogP contribution < -0.4 is 11.1 Å². The van der Waals surface area contributed by atoms with Gasteiger partial charge in [0.25, 0.3) is 0 Å². The number of nitrogens with two attached hydrogens (primary N) is 1. The molecule has 0 saturated heterocycles. The van der Waals surface area contributed by atoms with Crippen molar-refractivity contribution < 1.29 is 9.18 Å². The van der Waals surface area contributed by atoms with Crippen LogP contribution in [0.2, 0.25) is 0 Å². The van der Waals surface area contributed by atoms with Crippen molar-refractivity contribution in [1.29, 1.82) is 0 Å². The number of nitrogens with one attached hydrogen (secondary N) is 1. The number of amides is 1. The average molecular weight is 250 g/mol. The Bertz CT molecular complexity index is 445. The van der Waals surface area contributed by atoms with Crippen LogP contribution in [0, 0.1) is 11.7 Å². The van der Waals surface area contributed by atoms with Gasteiger partial charge in [0.2, 0.25) is 5.91 Å². The molecule has 1 fully saturated rings. The molecule has 1 aliphatic rings. The summed E-state index contributed by atoms with van der Waals surface area (Å²) < 4.78 is 13.2. The molecule has 98 valence electrons. The van der Waals surface area contributed by atoms with E-state index >= 15 is 0 Å². The molecule has 1 unspecified atom stereocenters. The fourth-order valence-electron chi connectivity index (χ4n) is 2.55. The van der Waals surface area contributed by atoms with E-state index in [4.69, 9.17) is 5.73 Å². The second-order valence-electron chi connectivity index (χ2n) is 5.00. The molecule has 0 aliphatic heterocycles. The monoisotopic (exact) mass is 250 g/mol. The van der Waals surface area contributed by atoms with Crippen LogP contribution in [0.5, 0.6) is 0 Å². The normalized spacial score (nSPS) is 18.1. The van der Waals surface area contributed by atoms with E-state index in [2.05, 4.69) is 5.32 Å². The maximum Gasteiger partial charge on any atom is 0.243 e. The first-order chi connectivity index (χ1) is 8.58. The van der Waals surface area contributed by atoms with Crippen molar-refractivity contribution in [3.8, 4) is 0 Å². The van der Waals surface area contributed by atoms with Gasteiger partial charge in [0.1, 0.15) is 11.4 Å². The summed E-state index contributed by atoms with van der Waals surface area (Å²) in [6, 6.07) is 6.17. The number of anilines is 1. The van der Waals surface area contributed by atoms with Gasteiger partial charge in [-0.05, 0) is 43.4 Å². The van der Waals surface area contributed by atoms with Crippen LogP contribution in [-0.2, 0) is 4.79 Å². The van der Waals surface area contributed by atoms with Gasteiger partial charge in [0.15, 0.2) is 0 Å². The molecule has 0 radical (unpaired) electrons. The zero-order valence-corrected chi connectivity index (χ0v) is 10.6. The average Bonchev–Trinajstić information content (AvgIpc) is 3.12. The van der Waals surface area contributed by atoms with Crippen molar-refractivity contribution in [1.82, 2.24) is 0 Å². The highest BCUT2D eigenvalue weighted by Crippen LogP contribution is 2.44. The number of rotatable bonds is 6. The Morgan fingerprint density at radius 3 is 2.78 bits per heavy atom. The number of primary amides is 1. The van der Waals surface area contributed by atoms with Gasteiger partial charge < -0.3 is 11.1 Å². The minimum absolute atomic E-state index is 0.276. The van der Waals surface area contributed by atoms with E-state index in [1.807, 2.05) is 6.92 Å². The van der Waals surface area contributed by atoms with E-state index in [0.717, 1.165) is 19.3 Å². The van der Waals surface area contributed by atoms with Crippen molar-refractivity contribution in [3.63, 3.8) is 0 Å². The maximum atomic E-state index is 13.2. The Morgan fingerprint density at radius 2 is 2.28 bits per heavy atom. The second-order valence-corrected chi connectivity index (χ2v) is 5.00. The summed E-state index contributed by atoms with van der Waals surface area (Å²) in [5, 5.41) is 3.18. The number of hydrogen-bond acceptors (Lipinski definition) is 2. The molecule has 1 aromatic carbocycles. The van der Waals surface area contributed by atoms with E-state index in [-0.39, 0.29) is 17.6 Å². The fourth-order valence-corrected chi connectivity index (χ4v) is 2.55. The predicted molar refractivity (Wildman–Crippen MR) is 69.6 cm³/mol. The van der Waals surface area contributed by atoms with E-state index in [1.54, 1.807) is 12.1 Å². The third-order valence-corrected chi connectivity index (χ3v) is 3.55. The number of carbonyl (C=O) groups excluding carboxylic acids is 1. The van der Waals surface area contributed by atoms with Crippen LogP contribution in [0.3, 0.4) is 0 Å². The molecule has 3 N–H and O–H groups in total. The summed E-state index contributed by atoms with van der Waals surface area (Å²) >= 11 is 0. The summed E-state index contributed by atoms with van der Waals surface area (Å²) in [6.07, 6.45) is 3.56. The van der Waals surface area contributed by atoms with Gasteiger partial charge in [-0.2, -0.15) is 0 Å². The van der Waals surface area contributed by atoms with Crippen molar-refractivity contribution >= 4 is 11.6 Å². The first-order valence-corrected chi connectivity index (χ1v) is 6.42. The van der Waals surface area contributed by atoms with Gasteiger partial charge in [0.05, 0.1) is 0 Å². The highest BCUT2D eigenvalue weighted by molar-refractivity contribution is 5.88. The minimum atomic E-state index is -0.720. The van der Waals surface area contributed by atoms with Crippen LogP contribution in [0.25, 0.3) is 0 Å². The third-order valence-electron chi connectivity index (χ3n) is 3.55. The first-order valence-electron chi connectivity index (χ1n) is 6.42. The molecule has 1 aromatic rings. The Balaban J connectivity index is 2.26. The van der Waals surface area contributed by atoms with E-state index in [9.17, 15) is 9.18 Å². The lowest BCUT2D eigenvalue weighted by Crippen LogP contribution is -2.52. The molecule has 0 aromatic heterocycles. The van der Waals surface area contributed by atoms with Gasteiger partial charge in [-0.15, -0.1) is 0 Å². The smallest absolute Gasteiger partial charge is 0.243 e. The van der Waals surface area contributed by atoms with E-state index in [0.29, 0.717) is 12.1 Å². The van der Waals surface area contributed by atoms with Crippen molar-refractivity contribution in [2.45, 2.75) is 38.1 Å². The Kier molecular flexibility index (Phi) is 3.55. The lowest BCUT2D eigenvalue weighted by Gasteiger charge is -2.33.